The van der Waals surface area contributed by atoms with E-state index in [9.17, 15) is 27.4 Å². The van der Waals surface area contributed by atoms with E-state index in [-0.39, 0.29) is 28.5 Å². The van der Waals surface area contributed by atoms with Crippen LogP contribution >= 0.6 is 0 Å². The summed E-state index contributed by atoms with van der Waals surface area (Å²) in [7, 11) is -4.37. The van der Waals surface area contributed by atoms with Gasteiger partial charge in [-0.2, -0.15) is 13.0 Å². The van der Waals surface area contributed by atoms with Gasteiger partial charge in [-0.3, -0.25) is 18.9 Å². The Morgan fingerprint density at radius 1 is 0.963 bits per heavy atom. The average molecular weight is 762 g/mol. The number of carbonyl (C=O) groups is 3. The van der Waals surface area contributed by atoms with Crippen LogP contribution in [-0.4, -0.2) is 79.7 Å². The topological polar surface area (TPSA) is 145 Å². The molecule has 0 radical (unpaired) electrons. The maximum Gasteiger partial charge on any atom is 0.303 e. The van der Waals surface area contributed by atoms with Crippen molar-refractivity contribution in [3.63, 3.8) is 0 Å². The van der Waals surface area contributed by atoms with Crippen LogP contribution in [0.3, 0.4) is 0 Å². The van der Waals surface area contributed by atoms with Crippen molar-refractivity contribution in [2.75, 3.05) is 37.6 Å². The second-order valence-corrected chi connectivity index (χ2v) is 16.5. The van der Waals surface area contributed by atoms with Crippen molar-refractivity contribution in [3.8, 4) is 0 Å². The molecule has 1 unspecified atom stereocenters. The van der Waals surface area contributed by atoms with Gasteiger partial charge in [0.05, 0.1) is 16.9 Å². The van der Waals surface area contributed by atoms with Gasteiger partial charge in [0, 0.05) is 73.9 Å². The molecule has 2 aliphatic rings. The van der Waals surface area contributed by atoms with Gasteiger partial charge in [0.25, 0.3) is 16.0 Å². The standard InChI is InChI=1S/C42H56N4O7S/c1-9-45-36-21-19-29(2)26-34(36)41(5,6)38(45)17-13-10-14-18-39-42(7,8)35-27-33(54(50,51)52)20-22-37(35)46(39)25-15-11-12-16-32(48)28-43-23-24-44-40(49)30(3)53-31(4)47/h10,13-14,17-22,26-27,30,43H,9,11-12,15-16,23-25,28H2,1-8H3,(H-,44,49,50,51,52)/p+1. The molecular formula is C42H57N4O7S+. The minimum Gasteiger partial charge on any atom is -0.453 e. The highest BCUT2D eigenvalue weighted by molar-refractivity contribution is 7.85. The van der Waals surface area contributed by atoms with E-state index in [0.717, 1.165) is 42.8 Å². The maximum atomic E-state index is 12.5. The van der Waals surface area contributed by atoms with E-state index in [4.69, 9.17) is 4.74 Å². The normalized spacial score (nSPS) is 17.4. The van der Waals surface area contributed by atoms with Crippen molar-refractivity contribution < 1.29 is 36.7 Å². The molecule has 3 N–H and O–H groups in total. The molecular weight excluding hydrogens is 705 g/mol. The number of rotatable bonds is 18. The number of nitrogens with zero attached hydrogens (tertiary/aromatic N) is 2. The number of Topliss-reactive ketones (excluding diaryl/α,β-unsaturated/α-hetero) is 1. The lowest BCUT2D eigenvalue weighted by atomic mass is 9.81. The Labute approximate surface area is 321 Å². The third kappa shape index (κ3) is 10.0. The Kier molecular flexibility index (Phi) is 14.0. The highest BCUT2D eigenvalue weighted by Gasteiger charge is 2.45. The number of fused-ring (bicyclic) bond motifs is 2. The molecule has 292 valence electrons. The third-order valence-corrected chi connectivity index (χ3v) is 11.1. The van der Waals surface area contributed by atoms with Crippen LogP contribution in [0, 0.1) is 6.92 Å². The van der Waals surface area contributed by atoms with Crippen molar-refractivity contribution in [3.05, 3.63) is 89.2 Å². The zero-order chi connectivity index (χ0) is 39.8. The van der Waals surface area contributed by atoms with E-state index in [1.165, 1.54) is 42.4 Å². The molecule has 0 saturated carbocycles. The number of esters is 1. The summed E-state index contributed by atoms with van der Waals surface area (Å²) in [6.45, 7) is 18.1. The van der Waals surface area contributed by atoms with Crippen LogP contribution in [0.15, 0.2) is 77.4 Å². The Balaban J connectivity index is 1.40. The molecule has 1 atom stereocenters. The first-order valence-corrected chi connectivity index (χ1v) is 20.2. The van der Waals surface area contributed by atoms with Gasteiger partial charge in [-0.05, 0) is 77.3 Å². The summed E-state index contributed by atoms with van der Waals surface area (Å²) in [6, 6.07) is 11.4. The molecule has 12 heteroatoms. The fourth-order valence-electron chi connectivity index (χ4n) is 7.35. The van der Waals surface area contributed by atoms with Gasteiger partial charge >= 0.3 is 5.97 Å². The number of unbranched alkanes of at least 4 members (excludes halogenated alkanes) is 2. The highest BCUT2D eigenvalue weighted by Crippen LogP contribution is 2.48. The summed E-state index contributed by atoms with van der Waals surface area (Å²) in [5.41, 5.74) is 7.11. The SMILES string of the molecule is CCN1C(=CC=CC=CC2=[N+](CCCCCC(=O)CNCCNC(=O)C(C)OC(C)=O)c3ccc(S(=O)(=O)O)cc3C2(C)C)C(C)(C)c2cc(C)ccc21. The molecule has 11 nitrogen and oxygen atoms in total. The van der Waals surface area contributed by atoms with Crippen molar-refractivity contribution in [1.82, 2.24) is 10.6 Å². The van der Waals surface area contributed by atoms with Gasteiger partial charge in [0.15, 0.2) is 11.8 Å². The van der Waals surface area contributed by atoms with E-state index in [2.05, 4.69) is 98.1 Å². The van der Waals surface area contributed by atoms with Gasteiger partial charge in [0.2, 0.25) is 5.69 Å². The molecule has 0 aliphatic carbocycles. The van der Waals surface area contributed by atoms with Crippen LogP contribution in [0.4, 0.5) is 11.4 Å². The molecule has 4 rings (SSSR count). The van der Waals surface area contributed by atoms with Crippen LogP contribution < -0.4 is 15.5 Å². The Morgan fingerprint density at radius 3 is 2.39 bits per heavy atom. The molecule has 2 aromatic rings. The zero-order valence-corrected chi connectivity index (χ0v) is 33.8. The second-order valence-electron chi connectivity index (χ2n) is 15.1. The molecule has 0 saturated heterocycles. The Morgan fingerprint density at radius 2 is 1.70 bits per heavy atom. The summed E-state index contributed by atoms with van der Waals surface area (Å²) in [4.78, 5) is 37.6. The summed E-state index contributed by atoms with van der Waals surface area (Å²) in [5.74, 6) is -0.829. The number of anilines is 1. The van der Waals surface area contributed by atoms with Crippen molar-refractivity contribution in [1.29, 1.82) is 0 Å². The first kappa shape index (κ1) is 42.4. The molecule has 0 bridgehead atoms. The number of likely N-dealkylation sites (N-methyl/N-ethyl adjacent to an activating group) is 1. The van der Waals surface area contributed by atoms with E-state index in [1.54, 1.807) is 12.1 Å². The number of nitrogens with one attached hydrogen (secondary N) is 2. The Bertz CT molecular complexity index is 1970. The van der Waals surface area contributed by atoms with Gasteiger partial charge in [-0.1, -0.05) is 49.8 Å². The number of carbonyl (C=O) groups excluding carboxylic acids is 3. The van der Waals surface area contributed by atoms with E-state index < -0.39 is 27.6 Å². The quantitative estimate of drug-likeness (QED) is 0.0530. The lowest BCUT2D eigenvalue weighted by molar-refractivity contribution is -0.438. The number of hydrogen-bond donors (Lipinski definition) is 3. The second kappa shape index (κ2) is 17.8. The zero-order valence-electron chi connectivity index (χ0n) is 33.0. The van der Waals surface area contributed by atoms with Gasteiger partial charge < -0.3 is 20.3 Å². The number of amides is 1. The number of ether oxygens (including phenoxy) is 1. The van der Waals surface area contributed by atoms with Crippen molar-refractivity contribution in [2.24, 2.45) is 0 Å². The van der Waals surface area contributed by atoms with E-state index in [0.29, 0.717) is 26.1 Å². The first-order valence-electron chi connectivity index (χ1n) is 18.8. The van der Waals surface area contributed by atoms with Crippen LogP contribution in [0.2, 0.25) is 0 Å². The van der Waals surface area contributed by atoms with Gasteiger partial charge in [-0.15, -0.1) is 0 Å². The number of ketones is 1. The fourth-order valence-corrected chi connectivity index (χ4v) is 7.86. The third-order valence-electron chi connectivity index (χ3n) is 10.2. The van der Waals surface area contributed by atoms with Crippen LogP contribution in [0.5, 0.6) is 0 Å². The first-order chi connectivity index (χ1) is 25.4. The molecule has 0 fully saturated rings. The van der Waals surface area contributed by atoms with Crippen LogP contribution in [0.1, 0.15) is 90.8 Å². The molecule has 2 aliphatic heterocycles. The molecule has 2 heterocycles. The smallest absolute Gasteiger partial charge is 0.303 e. The van der Waals surface area contributed by atoms with Gasteiger partial charge in [-0.25, -0.2) is 0 Å². The largest absolute Gasteiger partial charge is 0.453 e. The lowest BCUT2D eigenvalue weighted by Crippen LogP contribution is -2.39. The number of allylic oxidation sites excluding steroid dienone is 6. The highest BCUT2D eigenvalue weighted by atomic mass is 32.2. The van der Waals surface area contributed by atoms with E-state index >= 15 is 0 Å². The fraction of sp³-hybridized carbons (Fsp3) is 0.476. The maximum absolute atomic E-state index is 12.5. The predicted octanol–water partition coefficient (Wildman–Crippen LogP) is 6.22. The summed E-state index contributed by atoms with van der Waals surface area (Å²) >= 11 is 0. The number of hydrogen-bond acceptors (Lipinski definition) is 8. The molecule has 2 aromatic carbocycles. The Hall–Kier alpha value is -4.39. The minimum absolute atomic E-state index is 0.0824. The molecule has 1 amide bonds. The predicted molar refractivity (Wildman–Crippen MR) is 213 cm³/mol. The molecule has 0 spiro atoms. The molecule has 54 heavy (non-hydrogen) atoms. The summed E-state index contributed by atoms with van der Waals surface area (Å²) in [5, 5.41) is 5.71. The van der Waals surface area contributed by atoms with Crippen molar-refractivity contribution in [2.45, 2.75) is 103 Å². The summed E-state index contributed by atoms with van der Waals surface area (Å²) < 4.78 is 41.0. The number of aryl methyl sites for hydroxylation is 1. The summed E-state index contributed by atoms with van der Waals surface area (Å²) in [6.07, 6.45) is 12.3. The average Bonchev–Trinajstić information content (AvgIpc) is 3.44. The van der Waals surface area contributed by atoms with E-state index in [1.807, 2.05) is 12.2 Å². The van der Waals surface area contributed by atoms with Gasteiger partial charge in [0.1, 0.15) is 12.3 Å². The number of benzene rings is 2. The molecule has 0 aromatic heterocycles. The van der Waals surface area contributed by atoms with Crippen molar-refractivity contribution >= 4 is 44.9 Å². The van der Waals surface area contributed by atoms with Crippen LogP contribution in [0.25, 0.3) is 0 Å². The lowest BCUT2D eigenvalue weighted by Gasteiger charge is -2.25. The van der Waals surface area contributed by atoms with Crippen LogP contribution in [-0.2, 0) is 40.1 Å². The monoisotopic (exact) mass is 761 g/mol. The minimum atomic E-state index is -4.37.